The van der Waals surface area contributed by atoms with Crippen LogP contribution in [0.25, 0.3) is 0 Å². The van der Waals surface area contributed by atoms with E-state index in [9.17, 15) is 18.0 Å². The molecular formula is C26H35F3N4O3S. The number of benzene rings is 1. The molecule has 0 amide bonds. The number of hydrogen-bond acceptors (Lipinski definition) is 8. The highest BCUT2D eigenvalue weighted by molar-refractivity contribution is 7.98. The first-order chi connectivity index (χ1) is 17.7. The summed E-state index contributed by atoms with van der Waals surface area (Å²) in [5, 5.41) is 6.39. The van der Waals surface area contributed by atoms with E-state index >= 15 is 0 Å². The van der Waals surface area contributed by atoms with E-state index < -0.39 is 11.7 Å². The van der Waals surface area contributed by atoms with Crippen LogP contribution in [0.3, 0.4) is 0 Å². The molecule has 1 saturated carbocycles. The second-order valence-corrected chi connectivity index (χ2v) is 10.2. The van der Waals surface area contributed by atoms with Crippen LogP contribution in [-0.2, 0) is 22.3 Å². The quantitative estimate of drug-likeness (QED) is 0.236. The van der Waals surface area contributed by atoms with Gasteiger partial charge in [0.25, 0.3) is 0 Å². The minimum absolute atomic E-state index is 0.141. The first-order valence-corrected chi connectivity index (χ1v) is 13.9. The fraction of sp³-hybridized carbons (Fsp3) is 0.577. The molecule has 1 fully saturated rings. The number of aromatic nitrogens is 2. The van der Waals surface area contributed by atoms with E-state index in [1.165, 1.54) is 19.1 Å². The summed E-state index contributed by atoms with van der Waals surface area (Å²) in [5.74, 6) is 2.44. The molecule has 1 aliphatic carbocycles. The molecule has 1 heterocycles. The van der Waals surface area contributed by atoms with Gasteiger partial charge in [0, 0.05) is 31.5 Å². The Bertz CT molecular complexity index is 984. The molecule has 0 spiro atoms. The van der Waals surface area contributed by atoms with Crippen molar-refractivity contribution in [3.8, 4) is 5.75 Å². The Hall–Kier alpha value is -2.69. The molecule has 0 unspecified atom stereocenters. The summed E-state index contributed by atoms with van der Waals surface area (Å²) in [5.41, 5.74) is 0.463. The van der Waals surface area contributed by atoms with Gasteiger partial charge in [-0.25, -0.2) is 9.97 Å². The zero-order valence-electron chi connectivity index (χ0n) is 21.3. The molecule has 0 bridgehead atoms. The van der Waals surface area contributed by atoms with Gasteiger partial charge >= 0.3 is 12.1 Å². The lowest BCUT2D eigenvalue weighted by atomic mass is 9.80. The van der Waals surface area contributed by atoms with Gasteiger partial charge in [0.15, 0.2) is 5.75 Å². The van der Waals surface area contributed by atoms with Gasteiger partial charge in [-0.3, -0.25) is 4.79 Å². The van der Waals surface area contributed by atoms with Crippen molar-refractivity contribution in [1.82, 2.24) is 9.97 Å². The van der Waals surface area contributed by atoms with Crippen LogP contribution in [0, 0.1) is 11.8 Å². The molecule has 1 aromatic carbocycles. The van der Waals surface area contributed by atoms with Crippen molar-refractivity contribution in [2.75, 3.05) is 42.4 Å². The number of ether oxygens (including phenoxy) is 2. The SMILES string of the molecule is CSCCOc1cnc(NCc2cc(C(F)(F)F)ccc2NCC2CCC(CCOC(C)=O)CC2)nc1. The minimum Gasteiger partial charge on any atom is -0.489 e. The normalized spacial score (nSPS) is 17.8. The van der Waals surface area contributed by atoms with E-state index in [0.717, 1.165) is 43.9 Å². The van der Waals surface area contributed by atoms with Crippen molar-refractivity contribution in [3.05, 3.63) is 41.7 Å². The number of halogens is 3. The number of esters is 1. The van der Waals surface area contributed by atoms with Gasteiger partial charge in [-0.15, -0.1) is 0 Å². The van der Waals surface area contributed by atoms with Gasteiger partial charge in [-0.05, 0) is 74.0 Å². The second-order valence-electron chi connectivity index (χ2n) is 9.20. The number of rotatable bonds is 13. The standard InChI is InChI=1S/C26H35F3N4O3S/c1-18(34)35-10-9-19-3-5-20(6-4-19)14-30-24-8-7-22(26(27,28)29)13-21(24)15-31-25-32-16-23(17-33-25)36-11-12-37-2/h7-8,13,16-17,19-20,30H,3-6,9-12,14-15H2,1-2H3,(H,31,32,33). The number of nitrogens with zero attached hydrogens (tertiary/aromatic N) is 2. The lowest BCUT2D eigenvalue weighted by Crippen LogP contribution is -2.23. The second kappa shape index (κ2) is 14.3. The average Bonchev–Trinajstić information content (AvgIpc) is 2.87. The van der Waals surface area contributed by atoms with Crippen LogP contribution in [0.4, 0.5) is 24.8 Å². The van der Waals surface area contributed by atoms with E-state index in [-0.39, 0.29) is 12.5 Å². The molecule has 3 rings (SSSR count). The van der Waals surface area contributed by atoms with Gasteiger partial charge in [0.1, 0.15) is 0 Å². The first-order valence-electron chi connectivity index (χ1n) is 12.5. The third-order valence-electron chi connectivity index (χ3n) is 6.43. The lowest BCUT2D eigenvalue weighted by molar-refractivity contribution is -0.141. The zero-order chi connectivity index (χ0) is 26.7. The van der Waals surface area contributed by atoms with Gasteiger partial charge in [-0.1, -0.05) is 0 Å². The molecule has 1 aromatic heterocycles. The lowest BCUT2D eigenvalue weighted by Gasteiger charge is -2.29. The van der Waals surface area contributed by atoms with Crippen LogP contribution in [-0.4, -0.2) is 47.7 Å². The third kappa shape index (κ3) is 9.94. The Labute approximate surface area is 220 Å². The van der Waals surface area contributed by atoms with Crippen LogP contribution in [0.2, 0.25) is 0 Å². The third-order valence-corrected chi connectivity index (χ3v) is 7.01. The van der Waals surface area contributed by atoms with Gasteiger partial charge in [-0.2, -0.15) is 24.9 Å². The molecule has 0 atom stereocenters. The van der Waals surface area contributed by atoms with E-state index in [1.807, 2.05) is 6.26 Å². The van der Waals surface area contributed by atoms with Gasteiger partial charge in [0.2, 0.25) is 5.95 Å². The Morgan fingerprint density at radius 1 is 1.08 bits per heavy atom. The molecule has 2 aromatic rings. The van der Waals surface area contributed by atoms with E-state index in [0.29, 0.717) is 54.5 Å². The number of carbonyl (C=O) groups excluding carboxylic acids is 1. The number of carbonyl (C=O) groups is 1. The van der Waals surface area contributed by atoms with Gasteiger partial charge in [0.05, 0.1) is 31.2 Å². The maximum absolute atomic E-state index is 13.4. The van der Waals surface area contributed by atoms with Crippen molar-refractivity contribution >= 4 is 29.4 Å². The summed E-state index contributed by atoms with van der Waals surface area (Å²) < 4.78 is 50.7. The highest BCUT2D eigenvalue weighted by atomic mass is 32.2. The van der Waals surface area contributed by atoms with Crippen molar-refractivity contribution < 1.29 is 27.4 Å². The summed E-state index contributed by atoms with van der Waals surface area (Å²) in [6.45, 7) is 3.25. The molecule has 7 nitrogen and oxygen atoms in total. The van der Waals surface area contributed by atoms with Crippen LogP contribution < -0.4 is 15.4 Å². The van der Waals surface area contributed by atoms with Gasteiger partial charge < -0.3 is 20.1 Å². The molecule has 204 valence electrons. The van der Waals surface area contributed by atoms with E-state index in [4.69, 9.17) is 9.47 Å². The first kappa shape index (κ1) is 28.9. The summed E-state index contributed by atoms with van der Waals surface area (Å²) in [4.78, 5) is 19.3. The Kier molecular flexibility index (Phi) is 11.2. The Balaban J connectivity index is 1.56. The fourth-order valence-corrected chi connectivity index (χ4v) is 4.59. The molecule has 1 aliphatic rings. The number of nitrogens with one attached hydrogen (secondary N) is 2. The number of hydrogen-bond donors (Lipinski definition) is 2. The monoisotopic (exact) mass is 540 g/mol. The highest BCUT2D eigenvalue weighted by Crippen LogP contribution is 2.34. The Morgan fingerprint density at radius 2 is 1.78 bits per heavy atom. The predicted molar refractivity (Wildman–Crippen MR) is 140 cm³/mol. The molecule has 0 saturated heterocycles. The molecular weight excluding hydrogens is 505 g/mol. The Morgan fingerprint density at radius 3 is 2.43 bits per heavy atom. The maximum Gasteiger partial charge on any atom is 0.416 e. The minimum atomic E-state index is -4.43. The number of thioether (sulfide) groups is 1. The van der Waals surface area contributed by atoms with E-state index in [1.54, 1.807) is 24.2 Å². The number of anilines is 2. The molecule has 2 N–H and O–H groups in total. The fourth-order valence-electron chi connectivity index (χ4n) is 4.34. The molecule has 37 heavy (non-hydrogen) atoms. The average molecular weight is 541 g/mol. The molecule has 11 heteroatoms. The maximum atomic E-state index is 13.4. The van der Waals surface area contributed by atoms with Crippen LogP contribution in [0.5, 0.6) is 5.75 Å². The van der Waals surface area contributed by atoms with Crippen molar-refractivity contribution in [1.29, 1.82) is 0 Å². The van der Waals surface area contributed by atoms with Crippen LogP contribution in [0.1, 0.15) is 50.2 Å². The largest absolute Gasteiger partial charge is 0.489 e. The summed E-state index contributed by atoms with van der Waals surface area (Å²) in [6.07, 6.45) is 5.71. The smallest absolute Gasteiger partial charge is 0.416 e. The summed E-state index contributed by atoms with van der Waals surface area (Å²) in [6, 6.07) is 3.77. The van der Waals surface area contributed by atoms with E-state index in [2.05, 4.69) is 20.6 Å². The van der Waals surface area contributed by atoms with Crippen LogP contribution in [0.15, 0.2) is 30.6 Å². The number of alkyl halides is 3. The van der Waals surface area contributed by atoms with Crippen molar-refractivity contribution in [2.45, 2.75) is 51.7 Å². The molecule has 0 radical (unpaired) electrons. The summed E-state index contributed by atoms with van der Waals surface area (Å²) in [7, 11) is 0. The zero-order valence-corrected chi connectivity index (χ0v) is 22.1. The van der Waals surface area contributed by atoms with Crippen molar-refractivity contribution in [3.63, 3.8) is 0 Å². The highest BCUT2D eigenvalue weighted by Gasteiger charge is 2.31. The van der Waals surface area contributed by atoms with Crippen LogP contribution >= 0.6 is 11.8 Å². The topological polar surface area (TPSA) is 85.4 Å². The summed E-state index contributed by atoms with van der Waals surface area (Å²) >= 11 is 1.67. The molecule has 0 aliphatic heterocycles. The van der Waals surface area contributed by atoms with Crippen molar-refractivity contribution in [2.24, 2.45) is 11.8 Å². The predicted octanol–water partition coefficient (Wildman–Crippen LogP) is 6.02.